The summed E-state index contributed by atoms with van der Waals surface area (Å²) in [5.41, 5.74) is 5.87. The van der Waals surface area contributed by atoms with E-state index < -0.39 is 0 Å². The van der Waals surface area contributed by atoms with Crippen molar-refractivity contribution in [3.8, 4) is 11.5 Å². The Balaban J connectivity index is 2.43. The SMILES string of the molecule is CCc1cc(C(NN)c2ccc(OC)c(OC)c2)n(C)n1. The molecular formula is C15H22N4O2. The van der Waals surface area contributed by atoms with Crippen LogP contribution < -0.4 is 20.7 Å². The number of methoxy groups -OCH3 is 2. The molecule has 1 atom stereocenters. The number of nitrogens with zero attached hydrogens (tertiary/aromatic N) is 2. The summed E-state index contributed by atoms with van der Waals surface area (Å²) in [6.07, 6.45) is 0.886. The van der Waals surface area contributed by atoms with E-state index in [1.54, 1.807) is 14.2 Å². The standard InChI is InChI=1S/C15H22N4O2/c1-5-11-9-12(19(2)18-11)15(17-16)10-6-7-13(20-3)14(8-10)21-4/h6-9,15,17H,5,16H2,1-4H3. The average molecular weight is 290 g/mol. The van der Waals surface area contributed by atoms with Crippen LogP contribution >= 0.6 is 0 Å². The lowest BCUT2D eigenvalue weighted by Crippen LogP contribution is -2.30. The van der Waals surface area contributed by atoms with Gasteiger partial charge in [0.2, 0.25) is 0 Å². The Labute approximate surface area is 124 Å². The van der Waals surface area contributed by atoms with E-state index >= 15 is 0 Å². The molecule has 6 nitrogen and oxygen atoms in total. The number of hydrogen-bond acceptors (Lipinski definition) is 5. The Morgan fingerprint density at radius 2 is 1.95 bits per heavy atom. The zero-order valence-corrected chi connectivity index (χ0v) is 12.9. The topological polar surface area (TPSA) is 74.3 Å². The average Bonchev–Trinajstić information content (AvgIpc) is 2.89. The molecule has 3 N–H and O–H groups in total. The van der Waals surface area contributed by atoms with Crippen LogP contribution in [0.4, 0.5) is 0 Å². The van der Waals surface area contributed by atoms with Crippen LogP contribution in [-0.2, 0) is 13.5 Å². The van der Waals surface area contributed by atoms with Crippen LogP contribution in [0, 0.1) is 0 Å². The molecule has 1 heterocycles. The van der Waals surface area contributed by atoms with Crippen molar-refractivity contribution in [3.05, 3.63) is 41.2 Å². The highest BCUT2D eigenvalue weighted by atomic mass is 16.5. The predicted octanol–water partition coefficient (Wildman–Crippen LogP) is 1.55. The van der Waals surface area contributed by atoms with Gasteiger partial charge < -0.3 is 9.47 Å². The predicted molar refractivity (Wildman–Crippen MR) is 81.3 cm³/mol. The first-order valence-electron chi connectivity index (χ1n) is 6.85. The van der Waals surface area contributed by atoms with Crippen molar-refractivity contribution >= 4 is 0 Å². The number of nitrogens with two attached hydrogens (primary N) is 1. The van der Waals surface area contributed by atoms with Crippen LogP contribution in [0.15, 0.2) is 24.3 Å². The van der Waals surface area contributed by atoms with Crippen LogP contribution in [0.2, 0.25) is 0 Å². The summed E-state index contributed by atoms with van der Waals surface area (Å²) in [5.74, 6) is 7.12. The first-order valence-corrected chi connectivity index (χ1v) is 6.85. The lowest BCUT2D eigenvalue weighted by molar-refractivity contribution is 0.354. The van der Waals surface area contributed by atoms with Crippen molar-refractivity contribution < 1.29 is 9.47 Å². The fourth-order valence-electron chi connectivity index (χ4n) is 2.37. The largest absolute Gasteiger partial charge is 0.493 e. The molecule has 0 aliphatic heterocycles. The number of aryl methyl sites for hydroxylation is 2. The van der Waals surface area contributed by atoms with Crippen molar-refractivity contribution in [1.82, 2.24) is 15.2 Å². The summed E-state index contributed by atoms with van der Waals surface area (Å²) in [6.45, 7) is 2.08. The normalized spacial score (nSPS) is 12.2. The summed E-state index contributed by atoms with van der Waals surface area (Å²) >= 11 is 0. The van der Waals surface area contributed by atoms with Gasteiger partial charge in [0, 0.05) is 7.05 Å². The van der Waals surface area contributed by atoms with Crippen molar-refractivity contribution in [2.45, 2.75) is 19.4 Å². The van der Waals surface area contributed by atoms with Gasteiger partial charge in [0.25, 0.3) is 0 Å². The van der Waals surface area contributed by atoms with Crippen LogP contribution in [0.5, 0.6) is 11.5 Å². The third-order valence-corrected chi connectivity index (χ3v) is 3.53. The van der Waals surface area contributed by atoms with Gasteiger partial charge in [-0.15, -0.1) is 0 Å². The van der Waals surface area contributed by atoms with Crippen LogP contribution in [0.3, 0.4) is 0 Å². The molecule has 1 unspecified atom stereocenters. The molecule has 1 aromatic heterocycles. The number of hydrazine groups is 1. The molecule has 0 saturated heterocycles. The van der Waals surface area contributed by atoms with Crippen molar-refractivity contribution in [2.75, 3.05) is 14.2 Å². The summed E-state index contributed by atoms with van der Waals surface area (Å²) in [6, 6.07) is 7.64. The zero-order chi connectivity index (χ0) is 15.4. The van der Waals surface area contributed by atoms with Gasteiger partial charge in [-0.25, -0.2) is 5.43 Å². The quantitative estimate of drug-likeness (QED) is 0.624. The van der Waals surface area contributed by atoms with Gasteiger partial charge in [-0.1, -0.05) is 13.0 Å². The van der Waals surface area contributed by atoms with E-state index in [1.807, 2.05) is 29.9 Å². The molecule has 1 aromatic carbocycles. The maximum atomic E-state index is 5.76. The highest BCUT2D eigenvalue weighted by Crippen LogP contribution is 2.32. The van der Waals surface area contributed by atoms with E-state index in [1.165, 1.54) is 0 Å². The Morgan fingerprint density at radius 1 is 1.24 bits per heavy atom. The molecule has 21 heavy (non-hydrogen) atoms. The summed E-state index contributed by atoms with van der Waals surface area (Å²) in [4.78, 5) is 0. The molecule has 0 fully saturated rings. The Kier molecular flexibility index (Phi) is 4.82. The van der Waals surface area contributed by atoms with Gasteiger partial charge in [-0.2, -0.15) is 5.10 Å². The van der Waals surface area contributed by atoms with Crippen molar-refractivity contribution in [3.63, 3.8) is 0 Å². The smallest absolute Gasteiger partial charge is 0.161 e. The third-order valence-electron chi connectivity index (χ3n) is 3.53. The zero-order valence-electron chi connectivity index (χ0n) is 12.9. The molecule has 0 radical (unpaired) electrons. The molecule has 114 valence electrons. The number of ether oxygens (including phenoxy) is 2. The Bertz CT molecular complexity index is 610. The summed E-state index contributed by atoms with van der Waals surface area (Å²) in [5, 5.41) is 4.46. The second-order valence-corrected chi connectivity index (χ2v) is 4.75. The molecule has 0 aliphatic carbocycles. The van der Waals surface area contributed by atoms with Gasteiger partial charge in [-0.05, 0) is 30.2 Å². The number of hydrogen-bond donors (Lipinski definition) is 2. The third kappa shape index (κ3) is 3.01. The molecule has 2 aromatic rings. The molecule has 0 bridgehead atoms. The highest BCUT2D eigenvalue weighted by Gasteiger charge is 2.19. The maximum absolute atomic E-state index is 5.76. The minimum absolute atomic E-state index is 0.164. The fourth-order valence-corrected chi connectivity index (χ4v) is 2.37. The van der Waals surface area contributed by atoms with E-state index in [0.717, 1.165) is 23.4 Å². The number of nitrogens with one attached hydrogen (secondary N) is 1. The lowest BCUT2D eigenvalue weighted by Gasteiger charge is -2.18. The van der Waals surface area contributed by atoms with Crippen molar-refractivity contribution in [2.24, 2.45) is 12.9 Å². The maximum Gasteiger partial charge on any atom is 0.161 e. The molecule has 0 amide bonds. The van der Waals surface area contributed by atoms with Gasteiger partial charge in [0.15, 0.2) is 11.5 Å². The number of rotatable bonds is 6. The van der Waals surface area contributed by atoms with E-state index in [4.69, 9.17) is 15.3 Å². The van der Waals surface area contributed by atoms with Crippen LogP contribution in [0.25, 0.3) is 0 Å². The minimum atomic E-state index is -0.164. The van der Waals surface area contributed by atoms with E-state index in [0.29, 0.717) is 11.5 Å². The first-order chi connectivity index (χ1) is 10.1. The lowest BCUT2D eigenvalue weighted by atomic mass is 10.0. The number of benzene rings is 1. The molecule has 0 spiro atoms. The molecule has 0 aliphatic rings. The van der Waals surface area contributed by atoms with Gasteiger partial charge in [0.05, 0.1) is 31.6 Å². The Morgan fingerprint density at radius 3 is 2.48 bits per heavy atom. The summed E-state index contributed by atoms with van der Waals surface area (Å²) < 4.78 is 12.5. The first kappa shape index (κ1) is 15.3. The Hall–Kier alpha value is -2.05. The van der Waals surface area contributed by atoms with Gasteiger partial charge in [0.1, 0.15) is 0 Å². The fraction of sp³-hybridized carbons (Fsp3) is 0.400. The second-order valence-electron chi connectivity index (χ2n) is 4.75. The molecule has 0 saturated carbocycles. The number of aromatic nitrogens is 2. The van der Waals surface area contributed by atoms with E-state index in [2.05, 4.69) is 23.5 Å². The van der Waals surface area contributed by atoms with Gasteiger partial charge in [-0.3, -0.25) is 10.5 Å². The minimum Gasteiger partial charge on any atom is -0.493 e. The molecule has 6 heteroatoms. The summed E-state index contributed by atoms with van der Waals surface area (Å²) in [7, 11) is 5.15. The molecular weight excluding hydrogens is 268 g/mol. The monoisotopic (exact) mass is 290 g/mol. The van der Waals surface area contributed by atoms with E-state index in [9.17, 15) is 0 Å². The molecule has 2 rings (SSSR count). The van der Waals surface area contributed by atoms with E-state index in [-0.39, 0.29) is 6.04 Å². The van der Waals surface area contributed by atoms with Crippen LogP contribution in [0.1, 0.15) is 29.9 Å². The highest BCUT2D eigenvalue weighted by molar-refractivity contribution is 5.45. The van der Waals surface area contributed by atoms with Gasteiger partial charge >= 0.3 is 0 Å². The second kappa shape index (κ2) is 6.60. The van der Waals surface area contributed by atoms with Crippen molar-refractivity contribution in [1.29, 1.82) is 0 Å². The van der Waals surface area contributed by atoms with Crippen LogP contribution in [-0.4, -0.2) is 24.0 Å².